The third-order valence-electron chi connectivity index (χ3n) is 4.93. The number of benzene rings is 2. The van der Waals surface area contributed by atoms with Crippen molar-refractivity contribution in [2.45, 2.75) is 17.6 Å². The highest BCUT2D eigenvalue weighted by molar-refractivity contribution is 7.89. The number of alkyl halides is 3. The summed E-state index contributed by atoms with van der Waals surface area (Å²) >= 11 is 0. The van der Waals surface area contributed by atoms with Crippen LogP contribution in [0.2, 0.25) is 0 Å². The molecule has 0 radical (unpaired) electrons. The summed E-state index contributed by atoms with van der Waals surface area (Å²) in [5, 5.41) is 0. The normalized spacial score (nSPS) is 16.4. The van der Waals surface area contributed by atoms with E-state index in [4.69, 9.17) is 0 Å². The molecule has 0 atom stereocenters. The van der Waals surface area contributed by atoms with E-state index in [-0.39, 0.29) is 23.5 Å². The van der Waals surface area contributed by atoms with Crippen LogP contribution in [0, 0.1) is 0 Å². The average Bonchev–Trinajstić information content (AvgIpc) is 2.73. The van der Waals surface area contributed by atoms with E-state index in [1.807, 2.05) is 4.90 Å². The summed E-state index contributed by atoms with van der Waals surface area (Å²) in [6.07, 6.45) is -4.37. The van der Waals surface area contributed by atoms with Crippen molar-refractivity contribution in [1.82, 2.24) is 9.21 Å². The molecule has 0 saturated carbocycles. The molecule has 0 unspecified atom stereocenters. The zero-order valence-electron chi connectivity index (χ0n) is 16.2. The molecule has 3 rings (SSSR count). The van der Waals surface area contributed by atoms with Gasteiger partial charge in [0.2, 0.25) is 10.0 Å². The Bertz CT molecular complexity index is 982. The minimum Gasteiger partial charge on any atom is -0.465 e. The zero-order valence-corrected chi connectivity index (χ0v) is 17.0. The molecule has 0 amide bonds. The summed E-state index contributed by atoms with van der Waals surface area (Å²) in [6.45, 7) is 1.89. The smallest absolute Gasteiger partial charge is 0.416 e. The Kier molecular flexibility index (Phi) is 6.49. The first kappa shape index (κ1) is 22.3. The van der Waals surface area contributed by atoms with Gasteiger partial charge in [-0.3, -0.25) is 4.90 Å². The molecule has 0 bridgehead atoms. The Morgan fingerprint density at radius 1 is 0.967 bits per heavy atom. The number of carbonyl (C=O) groups is 1. The number of piperazine rings is 1. The van der Waals surface area contributed by atoms with Crippen LogP contribution in [0.4, 0.5) is 13.2 Å². The van der Waals surface area contributed by atoms with Gasteiger partial charge in [0, 0.05) is 32.7 Å². The van der Waals surface area contributed by atoms with Crippen LogP contribution in [-0.4, -0.2) is 56.9 Å². The molecular formula is C20H21F3N2O4S. The number of sulfonamides is 1. The second-order valence-corrected chi connectivity index (χ2v) is 8.83. The van der Waals surface area contributed by atoms with E-state index in [1.165, 1.54) is 47.8 Å². The molecule has 162 valence electrons. The lowest BCUT2D eigenvalue weighted by Gasteiger charge is -2.34. The van der Waals surface area contributed by atoms with Crippen LogP contribution in [0.5, 0.6) is 0 Å². The topological polar surface area (TPSA) is 66.9 Å². The lowest BCUT2D eigenvalue weighted by Crippen LogP contribution is -2.48. The molecule has 1 saturated heterocycles. The van der Waals surface area contributed by atoms with Crippen LogP contribution < -0.4 is 0 Å². The monoisotopic (exact) mass is 442 g/mol. The molecule has 1 aliphatic heterocycles. The zero-order chi connectivity index (χ0) is 21.9. The molecule has 0 aromatic heterocycles. The number of methoxy groups -OCH3 is 1. The maximum absolute atomic E-state index is 12.8. The quantitative estimate of drug-likeness (QED) is 0.666. The highest BCUT2D eigenvalue weighted by Crippen LogP contribution is 2.29. The first-order chi connectivity index (χ1) is 14.1. The molecule has 0 aliphatic carbocycles. The van der Waals surface area contributed by atoms with Gasteiger partial charge in [0.05, 0.1) is 23.1 Å². The summed E-state index contributed by atoms with van der Waals surface area (Å²) in [7, 11) is -2.45. The Morgan fingerprint density at radius 3 is 2.03 bits per heavy atom. The van der Waals surface area contributed by atoms with Gasteiger partial charge in [-0.25, -0.2) is 13.2 Å². The number of halogens is 3. The van der Waals surface area contributed by atoms with Gasteiger partial charge in [-0.15, -0.1) is 0 Å². The fraction of sp³-hybridized carbons (Fsp3) is 0.350. The second-order valence-electron chi connectivity index (χ2n) is 6.89. The summed E-state index contributed by atoms with van der Waals surface area (Å²) in [5.74, 6) is -0.546. The number of ether oxygens (including phenoxy) is 1. The van der Waals surface area contributed by atoms with Crippen molar-refractivity contribution >= 4 is 16.0 Å². The summed E-state index contributed by atoms with van der Waals surface area (Å²) in [5.41, 5.74) is 0.302. The number of rotatable bonds is 5. The fourth-order valence-corrected chi connectivity index (χ4v) is 4.64. The largest absolute Gasteiger partial charge is 0.465 e. The van der Waals surface area contributed by atoms with E-state index >= 15 is 0 Å². The molecule has 1 fully saturated rings. The fourth-order valence-electron chi connectivity index (χ4n) is 3.22. The van der Waals surface area contributed by atoms with Crippen molar-refractivity contribution < 1.29 is 31.1 Å². The van der Waals surface area contributed by atoms with Gasteiger partial charge in [0.1, 0.15) is 0 Å². The van der Waals surface area contributed by atoms with E-state index in [0.717, 1.165) is 17.7 Å². The summed E-state index contributed by atoms with van der Waals surface area (Å²) in [6, 6.07) is 10.5. The van der Waals surface area contributed by atoms with Gasteiger partial charge in [0.25, 0.3) is 0 Å². The Balaban J connectivity index is 1.60. The third-order valence-corrected chi connectivity index (χ3v) is 6.84. The van der Waals surface area contributed by atoms with Gasteiger partial charge in [-0.1, -0.05) is 12.1 Å². The van der Waals surface area contributed by atoms with Crippen molar-refractivity contribution in [1.29, 1.82) is 0 Å². The molecule has 2 aromatic carbocycles. The van der Waals surface area contributed by atoms with Gasteiger partial charge in [-0.2, -0.15) is 17.5 Å². The molecule has 0 N–H and O–H groups in total. The number of hydrogen-bond donors (Lipinski definition) is 0. The van der Waals surface area contributed by atoms with Gasteiger partial charge in [-0.05, 0) is 42.0 Å². The maximum atomic E-state index is 12.8. The van der Waals surface area contributed by atoms with Crippen LogP contribution in [0.25, 0.3) is 0 Å². The van der Waals surface area contributed by atoms with Crippen molar-refractivity contribution in [3.63, 3.8) is 0 Å². The molecule has 30 heavy (non-hydrogen) atoms. The van der Waals surface area contributed by atoms with Crippen molar-refractivity contribution in [2.24, 2.45) is 0 Å². The predicted octanol–water partition coefficient (Wildman–Crippen LogP) is 3.00. The van der Waals surface area contributed by atoms with E-state index in [0.29, 0.717) is 19.6 Å². The van der Waals surface area contributed by atoms with Crippen LogP contribution in [0.15, 0.2) is 53.4 Å². The van der Waals surface area contributed by atoms with Crippen LogP contribution in [0.1, 0.15) is 21.5 Å². The minimum atomic E-state index is -4.37. The van der Waals surface area contributed by atoms with Crippen LogP contribution in [0.3, 0.4) is 0 Å². The lowest BCUT2D eigenvalue weighted by molar-refractivity contribution is -0.137. The Morgan fingerprint density at radius 2 is 1.53 bits per heavy atom. The maximum Gasteiger partial charge on any atom is 0.416 e. The Hall–Kier alpha value is -2.43. The minimum absolute atomic E-state index is 0.0892. The highest BCUT2D eigenvalue weighted by Gasteiger charge is 2.31. The molecule has 2 aromatic rings. The van der Waals surface area contributed by atoms with Crippen molar-refractivity contribution in [3.05, 3.63) is 65.2 Å². The molecule has 1 heterocycles. The molecule has 0 spiro atoms. The van der Waals surface area contributed by atoms with Gasteiger partial charge >= 0.3 is 12.1 Å². The average molecular weight is 442 g/mol. The van der Waals surface area contributed by atoms with Crippen LogP contribution >= 0.6 is 0 Å². The molecular weight excluding hydrogens is 421 g/mol. The SMILES string of the molecule is COC(=O)c1ccc(S(=O)(=O)N2CCN(Cc3ccc(C(F)(F)F)cc3)CC2)cc1. The molecule has 6 nitrogen and oxygen atoms in total. The summed E-state index contributed by atoms with van der Waals surface area (Å²) < 4.78 is 69.6. The number of nitrogens with zero attached hydrogens (tertiary/aromatic N) is 2. The predicted molar refractivity (Wildman–Crippen MR) is 103 cm³/mol. The standard InChI is InChI=1S/C20H21F3N2O4S/c1-29-19(26)16-4-8-18(9-5-16)30(27,28)25-12-10-24(11-13-25)14-15-2-6-17(7-3-15)20(21,22)23/h2-9H,10-14H2,1H3. The van der Waals surface area contributed by atoms with E-state index in [9.17, 15) is 26.4 Å². The van der Waals surface area contributed by atoms with E-state index in [1.54, 1.807) is 0 Å². The number of carbonyl (C=O) groups excluding carboxylic acids is 1. The Labute approximate surface area is 172 Å². The third kappa shape index (κ3) is 5.00. The van der Waals surface area contributed by atoms with Gasteiger partial charge < -0.3 is 4.74 Å². The van der Waals surface area contributed by atoms with Crippen LogP contribution in [-0.2, 0) is 27.5 Å². The highest BCUT2D eigenvalue weighted by atomic mass is 32.2. The summed E-state index contributed by atoms with van der Waals surface area (Å²) in [4.78, 5) is 13.6. The second kappa shape index (κ2) is 8.75. The van der Waals surface area contributed by atoms with E-state index in [2.05, 4.69) is 4.74 Å². The first-order valence-corrected chi connectivity index (χ1v) is 10.6. The van der Waals surface area contributed by atoms with E-state index < -0.39 is 27.7 Å². The van der Waals surface area contributed by atoms with Crippen molar-refractivity contribution in [3.8, 4) is 0 Å². The number of esters is 1. The first-order valence-electron chi connectivity index (χ1n) is 9.18. The molecule has 1 aliphatic rings. The number of hydrogen-bond acceptors (Lipinski definition) is 5. The molecule has 10 heteroatoms. The van der Waals surface area contributed by atoms with Gasteiger partial charge in [0.15, 0.2) is 0 Å². The van der Waals surface area contributed by atoms with Crippen molar-refractivity contribution in [2.75, 3.05) is 33.3 Å². The lowest BCUT2D eigenvalue weighted by atomic mass is 10.1.